The highest BCUT2D eigenvalue weighted by Gasteiger charge is 2.18. The maximum atomic E-state index is 13.0. The molecule has 0 fully saturated rings. The Balaban J connectivity index is 1.93. The highest BCUT2D eigenvalue weighted by atomic mass is 35.5. The van der Waals surface area contributed by atoms with E-state index in [1.165, 1.54) is 50.6 Å². The molecule has 0 spiro atoms. The van der Waals surface area contributed by atoms with E-state index in [4.69, 9.17) is 21.1 Å². The fourth-order valence-corrected chi connectivity index (χ4v) is 3.18. The van der Waals surface area contributed by atoms with Gasteiger partial charge in [0, 0.05) is 17.8 Å². The van der Waals surface area contributed by atoms with Gasteiger partial charge in [0.1, 0.15) is 17.2 Å². The minimum atomic E-state index is -0.644. The molecule has 0 heterocycles. The number of carbonyl (C=O) groups is 2. The van der Waals surface area contributed by atoms with Gasteiger partial charge < -0.3 is 20.1 Å². The number of hydrogen-bond donors (Lipinski definition) is 2. The SMILES string of the molecule is COc1ccc(NC(=O)/C(=C\c2cccc([N+](=O)[O-])c2)NC(=O)c2ccc(OC)cc2Cl)cc1. The topological polar surface area (TPSA) is 120 Å². The van der Waals surface area contributed by atoms with E-state index in [1.807, 2.05) is 0 Å². The summed E-state index contributed by atoms with van der Waals surface area (Å²) in [7, 11) is 2.99. The number of nitro benzene ring substituents is 1. The Labute approximate surface area is 200 Å². The van der Waals surface area contributed by atoms with Gasteiger partial charge in [-0.1, -0.05) is 23.7 Å². The normalized spacial score (nSPS) is 10.9. The predicted molar refractivity (Wildman–Crippen MR) is 128 cm³/mol. The number of hydrogen-bond acceptors (Lipinski definition) is 6. The fraction of sp³-hybridized carbons (Fsp3) is 0.0833. The van der Waals surface area contributed by atoms with Crippen molar-refractivity contribution in [2.45, 2.75) is 0 Å². The first kappa shape index (κ1) is 24.3. The van der Waals surface area contributed by atoms with Gasteiger partial charge in [0.05, 0.1) is 29.7 Å². The summed E-state index contributed by atoms with van der Waals surface area (Å²) >= 11 is 6.19. The first-order valence-electron chi connectivity index (χ1n) is 9.87. The van der Waals surface area contributed by atoms with Crippen LogP contribution in [-0.4, -0.2) is 31.0 Å². The Hall–Kier alpha value is -4.37. The number of methoxy groups -OCH3 is 2. The molecule has 0 unspecified atom stereocenters. The minimum Gasteiger partial charge on any atom is -0.497 e. The molecule has 3 aromatic carbocycles. The van der Waals surface area contributed by atoms with Gasteiger partial charge in [-0.25, -0.2) is 0 Å². The molecule has 0 atom stereocenters. The zero-order chi connectivity index (χ0) is 24.7. The monoisotopic (exact) mass is 481 g/mol. The molecule has 34 heavy (non-hydrogen) atoms. The van der Waals surface area contributed by atoms with Crippen molar-refractivity contribution in [3.63, 3.8) is 0 Å². The van der Waals surface area contributed by atoms with E-state index in [0.29, 0.717) is 22.7 Å². The maximum Gasteiger partial charge on any atom is 0.272 e. The third-order valence-corrected chi connectivity index (χ3v) is 4.97. The second-order valence-electron chi connectivity index (χ2n) is 6.89. The number of ether oxygens (including phenoxy) is 2. The molecule has 0 saturated heterocycles. The molecule has 0 aliphatic carbocycles. The molecule has 3 aromatic rings. The molecule has 9 nitrogen and oxygen atoms in total. The van der Waals surface area contributed by atoms with Crippen molar-refractivity contribution in [2.75, 3.05) is 19.5 Å². The average Bonchev–Trinajstić information content (AvgIpc) is 2.84. The van der Waals surface area contributed by atoms with Crippen molar-refractivity contribution in [3.05, 3.63) is 98.7 Å². The van der Waals surface area contributed by atoms with Crippen LogP contribution in [0.5, 0.6) is 11.5 Å². The van der Waals surface area contributed by atoms with Gasteiger partial charge in [0.15, 0.2) is 0 Å². The zero-order valence-electron chi connectivity index (χ0n) is 18.2. The van der Waals surface area contributed by atoms with Crippen LogP contribution in [0, 0.1) is 10.1 Å². The maximum absolute atomic E-state index is 13.0. The number of anilines is 1. The number of nitrogens with zero attached hydrogens (tertiary/aromatic N) is 1. The largest absolute Gasteiger partial charge is 0.497 e. The summed E-state index contributed by atoms with van der Waals surface area (Å²) < 4.78 is 10.2. The fourth-order valence-electron chi connectivity index (χ4n) is 2.92. The van der Waals surface area contributed by atoms with E-state index < -0.39 is 16.7 Å². The summed E-state index contributed by atoms with van der Waals surface area (Å²) in [4.78, 5) is 36.5. The molecule has 0 aliphatic rings. The summed E-state index contributed by atoms with van der Waals surface area (Å²) in [5.41, 5.74) is 0.605. The quantitative estimate of drug-likeness (QED) is 0.274. The van der Waals surface area contributed by atoms with Crippen LogP contribution in [0.3, 0.4) is 0 Å². The second-order valence-corrected chi connectivity index (χ2v) is 7.30. The molecule has 2 N–H and O–H groups in total. The van der Waals surface area contributed by atoms with Gasteiger partial charge in [-0.15, -0.1) is 0 Å². The molecular formula is C24H20ClN3O6. The lowest BCUT2D eigenvalue weighted by Gasteiger charge is -2.13. The van der Waals surface area contributed by atoms with Crippen LogP contribution < -0.4 is 20.1 Å². The number of halogens is 1. The lowest BCUT2D eigenvalue weighted by Crippen LogP contribution is -2.31. The average molecular weight is 482 g/mol. The molecule has 0 aliphatic heterocycles. The van der Waals surface area contributed by atoms with E-state index in [1.54, 1.807) is 36.4 Å². The number of rotatable bonds is 8. The van der Waals surface area contributed by atoms with E-state index in [9.17, 15) is 19.7 Å². The van der Waals surface area contributed by atoms with Crippen LogP contribution in [-0.2, 0) is 4.79 Å². The number of non-ortho nitro benzene ring substituents is 1. The van der Waals surface area contributed by atoms with Crippen LogP contribution >= 0.6 is 11.6 Å². The molecular weight excluding hydrogens is 462 g/mol. The van der Waals surface area contributed by atoms with Crippen molar-refractivity contribution in [1.82, 2.24) is 5.32 Å². The predicted octanol–water partition coefficient (Wildman–Crippen LogP) is 4.68. The minimum absolute atomic E-state index is 0.115. The highest BCUT2D eigenvalue weighted by molar-refractivity contribution is 6.34. The number of amides is 2. The van der Waals surface area contributed by atoms with E-state index in [0.717, 1.165) is 0 Å². The Morgan fingerprint density at radius 1 is 0.971 bits per heavy atom. The zero-order valence-corrected chi connectivity index (χ0v) is 19.0. The Morgan fingerprint density at radius 3 is 2.26 bits per heavy atom. The van der Waals surface area contributed by atoms with E-state index in [2.05, 4.69) is 10.6 Å². The van der Waals surface area contributed by atoms with Gasteiger partial charge in [0.2, 0.25) is 0 Å². The first-order chi connectivity index (χ1) is 16.3. The lowest BCUT2D eigenvalue weighted by molar-refractivity contribution is -0.384. The van der Waals surface area contributed by atoms with Gasteiger partial charge in [0.25, 0.3) is 17.5 Å². The highest BCUT2D eigenvalue weighted by Crippen LogP contribution is 2.23. The van der Waals surface area contributed by atoms with E-state index in [-0.39, 0.29) is 22.0 Å². The Morgan fingerprint density at radius 2 is 1.65 bits per heavy atom. The molecule has 2 amide bonds. The molecule has 3 rings (SSSR count). The molecule has 0 aromatic heterocycles. The van der Waals surface area contributed by atoms with Crippen molar-refractivity contribution in [1.29, 1.82) is 0 Å². The molecule has 10 heteroatoms. The van der Waals surface area contributed by atoms with Crippen molar-refractivity contribution >= 4 is 40.9 Å². The second kappa shape index (κ2) is 11.0. The smallest absolute Gasteiger partial charge is 0.272 e. The number of nitrogens with one attached hydrogen (secondary N) is 2. The number of benzene rings is 3. The van der Waals surface area contributed by atoms with Crippen molar-refractivity contribution in [2.24, 2.45) is 0 Å². The number of nitro groups is 1. The van der Waals surface area contributed by atoms with Gasteiger partial charge >= 0.3 is 0 Å². The van der Waals surface area contributed by atoms with Gasteiger partial charge in [-0.05, 0) is 54.1 Å². The van der Waals surface area contributed by atoms with Gasteiger partial charge in [-0.3, -0.25) is 19.7 Å². The van der Waals surface area contributed by atoms with Crippen LogP contribution in [0.25, 0.3) is 6.08 Å². The molecule has 0 radical (unpaired) electrons. The summed E-state index contributed by atoms with van der Waals surface area (Å²) in [5, 5.41) is 16.5. The van der Waals surface area contributed by atoms with E-state index >= 15 is 0 Å². The van der Waals surface area contributed by atoms with Gasteiger partial charge in [-0.2, -0.15) is 0 Å². The molecule has 0 saturated carbocycles. The lowest BCUT2D eigenvalue weighted by atomic mass is 10.1. The number of carbonyl (C=O) groups excluding carboxylic acids is 2. The Kier molecular flexibility index (Phi) is 7.83. The summed E-state index contributed by atoms with van der Waals surface area (Å²) in [6.07, 6.45) is 1.33. The standard InChI is InChI=1S/C24H20ClN3O6/c1-33-18-8-6-16(7-9-18)26-24(30)22(13-15-4-3-5-17(12-15)28(31)32)27-23(29)20-11-10-19(34-2)14-21(20)25/h3-14H,1-2H3,(H,26,30)(H,27,29)/b22-13+. The molecule has 0 bridgehead atoms. The van der Waals surface area contributed by atoms with Crippen molar-refractivity contribution in [3.8, 4) is 11.5 Å². The third kappa shape index (κ3) is 6.11. The van der Waals surface area contributed by atoms with Crippen molar-refractivity contribution < 1.29 is 24.0 Å². The van der Waals surface area contributed by atoms with Crippen LogP contribution in [0.1, 0.15) is 15.9 Å². The summed E-state index contributed by atoms with van der Waals surface area (Å²) in [6.45, 7) is 0. The summed E-state index contributed by atoms with van der Waals surface area (Å²) in [5.74, 6) is -0.220. The first-order valence-corrected chi connectivity index (χ1v) is 10.2. The van der Waals surface area contributed by atoms with Crippen LogP contribution in [0.2, 0.25) is 5.02 Å². The van der Waals surface area contributed by atoms with Crippen LogP contribution in [0.4, 0.5) is 11.4 Å². The summed E-state index contributed by atoms with van der Waals surface area (Å²) in [6, 6.07) is 16.7. The van der Waals surface area contributed by atoms with Crippen LogP contribution in [0.15, 0.2) is 72.4 Å². The Bertz CT molecular complexity index is 1260. The third-order valence-electron chi connectivity index (χ3n) is 4.65. The molecule has 174 valence electrons.